The molecule has 2 aromatic carbocycles. The minimum absolute atomic E-state index is 0.0330. The highest BCUT2D eigenvalue weighted by molar-refractivity contribution is 6.09. The molecule has 4 rings (SSSR count). The first-order valence-corrected chi connectivity index (χ1v) is 12.6. The van der Waals surface area contributed by atoms with Gasteiger partial charge in [0.2, 0.25) is 5.88 Å². The molecule has 1 amide bonds. The number of aromatic carboxylic acids is 1. The lowest BCUT2D eigenvalue weighted by Crippen LogP contribution is -2.38. The van der Waals surface area contributed by atoms with Gasteiger partial charge >= 0.3 is 12.1 Å². The maximum Gasteiger partial charge on any atom is 0.421 e. The van der Waals surface area contributed by atoms with Crippen LogP contribution in [0.2, 0.25) is 0 Å². The number of anilines is 2. The number of aromatic nitrogens is 2. The molecule has 0 bridgehead atoms. The Labute approximate surface area is 234 Å². The van der Waals surface area contributed by atoms with Gasteiger partial charge in [-0.1, -0.05) is 23.8 Å². The fraction of sp³-hybridized carbons (Fsp3) is 0.200. The smallest absolute Gasteiger partial charge is 0.421 e. The summed E-state index contributed by atoms with van der Waals surface area (Å²) >= 11 is 0. The molecule has 2 aromatic heterocycles. The SMILES string of the molecule is Cc1ccc(C(=O)N(c2ccc(Oc3ncc(CNc4ccccn4)cc3C(F)(F)F)cc2C(=O)O)C(C)C)cc1. The number of rotatable bonds is 9. The quantitative estimate of drug-likeness (QED) is 0.226. The van der Waals surface area contributed by atoms with Crippen LogP contribution >= 0.6 is 0 Å². The molecule has 212 valence electrons. The van der Waals surface area contributed by atoms with Crippen LogP contribution in [0.1, 0.15) is 51.3 Å². The Bertz CT molecular complexity index is 1540. The zero-order chi connectivity index (χ0) is 29.7. The first-order valence-electron chi connectivity index (χ1n) is 12.6. The molecule has 0 radical (unpaired) electrons. The summed E-state index contributed by atoms with van der Waals surface area (Å²) in [4.78, 5) is 34.8. The van der Waals surface area contributed by atoms with Gasteiger partial charge in [-0.3, -0.25) is 4.79 Å². The number of carbonyl (C=O) groups excluding carboxylic acids is 1. The number of benzene rings is 2. The topological polar surface area (TPSA) is 105 Å². The summed E-state index contributed by atoms with van der Waals surface area (Å²) in [7, 11) is 0. The van der Waals surface area contributed by atoms with Crippen LogP contribution in [0.5, 0.6) is 11.6 Å². The van der Waals surface area contributed by atoms with Gasteiger partial charge in [0.05, 0.1) is 11.3 Å². The van der Waals surface area contributed by atoms with Gasteiger partial charge < -0.3 is 20.1 Å². The predicted molar refractivity (Wildman–Crippen MR) is 147 cm³/mol. The molecule has 0 aliphatic rings. The lowest BCUT2D eigenvalue weighted by Gasteiger charge is -2.28. The molecule has 0 fully saturated rings. The van der Waals surface area contributed by atoms with Crippen LogP contribution in [0.4, 0.5) is 24.7 Å². The summed E-state index contributed by atoms with van der Waals surface area (Å²) in [6.45, 7) is 5.37. The Balaban J connectivity index is 1.65. The van der Waals surface area contributed by atoms with Gasteiger partial charge in [-0.15, -0.1) is 0 Å². The van der Waals surface area contributed by atoms with Crippen LogP contribution in [-0.2, 0) is 12.7 Å². The minimum Gasteiger partial charge on any atom is -0.478 e. The Morgan fingerprint density at radius 3 is 2.37 bits per heavy atom. The molecular weight excluding hydrogens is 537 g/mol. The van der Waals surface area contributed by atoms with Crippen LogP contribution in [0.25, 0.3) is 0 Å². The Morgan fingerprint density at radius 2 is 1.76 bits per heavy atom. The van der Waals surface area contributed by atoms with E-state index in [0.717, 1.165) is 17.7 Å². The third kappa shape index (κ3) is 6.99. The highest BCUT2D eigenvalue weighted by Gasteiger charge is 2.36. The maximum absolute atomic E-state index is 13.9. The van der Waals surface area contributed by atoms with Gasteiger partial charge in [0.25, 0.3) is 5.91 Å². The molecule has 0 atom stereocenters. The number of hydrogen-bond acceptors (Lipinski definition) is 6. The molecule has 0 saturated heterocycles. The number of carboxylic acid groups (broad SMARTS) is 1. The number of nitrogens with zero attached hydrogens (tertiary/aromatic N) is 3. The number of pyridine rings is 2. The van der Waals surface area contributed by atoms with Gasteiger partial charge in [-0.05, 0) is 74.9 Å². The third-order valence-electron chi connectivity index (χ3n) is 6.06. The normalized spacial score (nSPS) is 11.3. The van der Waals surface area contributed by atoms with Crippen molar-refractivity contribution < 1.29 is 32.6 Å². The number of hydrogen-bond donors (Lipinski definition) is 2. The molecule has 0 saturated carbocycles. The zero-order valence-corrected chi connectivity index (χ0v) is 22.4. The summed E-state index contributed by atoms with van der Waals surface area (Å²) in [6, 6.07) is 16.1. The maximum atomic E-state index is 13.9. The van der Waals surface area contributed by atoms with Crippen molar-refractivity contribution in [3.63, 3.8) is 0 Å². The lowest BCUT2D eigenvalue weighted by atomic mass is 10.1. The molecule has 2 heterocycles. The zero-order valence-electron chi connectivity index (χ0n) is 22.4. The van der Waals surface area contributed by atoms with Gasteiger partial charge in [0.15, 0.2) is 0 Å². The van der Waals surface area contributed by atoms with Crippen molar-refractivity contribution in [3.05, 3.63) is 107 Å². The fourth-order valence-electron chi connectivity index (χ4n) is 4.07. The largest absolute Gasteiger partial charge is 0.478 e. The highest BCUT2D eigenvalue weighted by atomic mass is 19.4. The van der Waals surface area contributed by atoms with E-state index in [-0.39, 0.29) is 29.1 Å². The molecule has 0 aliphatic carbocycles. The number of alkyl halides is 3. The number of carbonyl (C=O) groups is 2. The van der Waals surface area contributed by atoms with Crippen molar-refractivity contribution in [2.45, 2.75) is 39.5 Å². The summed E-state index contributed by atoms with van der Waals surface area (Å²) in [5, 5.41) is 12.9. The van der Waals surface area contributed by atoms with Gasteiger partial charge in [-0.2, -0.15) is 13.2 Å². The van der Waals surface area contributed by atoms with Crippen LogP contribution in [0, 0.1) is 6.92 Å². The van der Waals surface area contributed by atoms with E-state index in [1.165, 1.54) is 23.2 Å². The second-order valence-corrected chi connectivity index (χ2v) is 9.48. The Hall–Kier alpha value is -4.93. The second-order valence-electron chi connectivity index (χ2n) is 9.48. The van der Waals surface area contributed by atoms with Crippen LogP contribution in [-0.4, -0.2) is 33.0 Å². The van der Waals surface area contributed by atoms with E-state index in [0.29, 0.717) is 11.4 Å². The molecule has 41 heavy (non-hydrogen) atoms. The summed E-state index contributed by atoms with van der Waals surface area (Å²) in [5.74, 6) is -2.24. The van der Waals surface area contributed by atoms with E-state index in [9.17, 15) is 27.9 Å². The van der Waals surface area contributed by atoms with Crippen LogP contribution in [0.3, 0.4) is 0 Å². The monoisotopic (exact) mass is 564 g/mol. The predicted octanol–water partition coefficient (Wildman–Crippen LogP) is 6.96. The standard InChI is InChI=1S/C30H27F3N4O4/c1-18(2)37(28(38)21-9-7-19(3)8-10-21)25-12-11-22(15-23(25)29(39)40)41-27-24(30(31,32)33)14-20(17-36-27)16-35-26-6-4-5-13-34-26/h4-15,17-18H,16H2,1-3H3,(H,34,35)(H,39,40). The van der Waals surface area contributed by atoms with Crippen molar-refractivity contribution in [3.8, 4) is 11.6 Å². The van der Waals surface area contributed by atoms with Crippen LogP contribution < -0.4 is 15.0 Å². The van der Waals surface area contributed by atoms with E-state index in [1.807, 2.05) is 6.92 Å². The average Bonchev–Trinajstić information content (AvgIpc) is 2.93. The molecule has 8 nitrogen and oxygen atoms in total. The van der Waals surface area contributed by atoms with E-state index < -0.39 is 35.5 Å². The van der Waals surface area contributed by atoms with Crippen molar-refractivity contribution in [2.75, 3.05) is 10.2 Å². The minimum atomic E-state index is -4.80. The lowest BCUT2D eigenvalue weighted by molar-refractivity contribution is -0.138. The van der Waals surface area contributed by atoms with E-state index in [2.05, 4.69) is 15.3 Å². The summed E-state index contributed by atoms with van der Waals surface area (Å²) in [5.41, 5.74) is 0.176. The van der Waals surface area contributed by atoms with E-state index in [1.54, 1.807) is 62.5 Å². The molecule has 11 heteroatoms. The molecular formula is C30H27F3N4O4. The fourth-order valence-corrected chi connectivity index (χ4v) is 4.07. The van der Waals surface area contributed by atoms with E-state index in [4.69, 9.17) is 4.74 Å². The number of halogens is 3. The number of aryl methyl sites for hydroxylation is 1. The summed E-state index contributed by atoms with van der Waals surface area (Å²) in [6.07, 6.45) is -2.02. The van der Waals surface area contributed by atoms with Gasteiger partial charge in [-0.25, -0.2) is 14.8 Å². The Morgan fingerprint density at radius 1 is 1.02 bits per heavy atom. The van der Waals surface area contributed by atoms with Crippen molar-refractivity contribution >= 4 is 23.4 Å². The second kappa shape index (κ2) is 12.1. The summed E-state index contributed by atoms with van der Waals surface area (Å²) < 4.78 is 47.3. The third-order valence-corrected chi connectivity index (χ3v) is 6.06. The molecule has 4 aromatic rings. The number of carboxylic acids is 1. The first kappa shape index (κ1) is 29.1. The first-order chi connectivity index (χ1) is 19.4. The van der Waals surface area contributed by atoms with Gasteiger partial charge in [0, 0.05) is 30.5 Å². The Kier molecular flexibility index (Phi) is 8.56. The number of nitrogens with one attached hydrogen (secondary N) is 1. The molecule has 2 N–H and O–H groups in total. The molecule has 0 unspecified atom stereocenters. The van der Waals surface area contributed by atoms with Crippen LogP contribution in [0.15, 0.2) is 79.1 Å². The molecule has 0 spiro atoms. The molecule has 0 aliphatic heterocycles. The van der Waals surface area contributed by atoms with Crippen molar-refractivity contribution in [1.82, 2.24) is 9.97 Å². The highest BCUT2D eigenvalue weighted by Crippen LogP contribution is 2.38. The van der Waals surface area contributed by atoms with Crippen molar-refractivity contribution in [2.24, 2.45) is 0 Å². The van der Waals surface area contributed by atoms with E-state index >= 15 is 0 Å². The van der Waals surface area contributed by atoms with Gasteiger partial charge in [0.1, 0.15) is 17.1 Å². The van der Waals surface area contributed by atoms with Crippen molar-refractivity contribution in [1.29, 1.82) is 0 Å². The number of ether oxygens (including phenoxy) is 1. The number of amides is 1. The average molecular weight is 565 g/mol.